The van der Waals surface area contributed by atoms with Crippen LogP contribution in [-0.4, -0.2) is 16.9 Å². The Bertz CT molecular complexity index is 141. The largest absolute Gasteiger partial charge is 0.469 e. The Morgan fingerprint density at radius 1 is 1.55 bits per heavy atom. The standard InChI is InChI=1S/C6H9Cl3O2/c1-4(5(10)11-2)3-6(7,8)9/h4H,3H2,1-2H3. The van der Waals surface area contributed by atoms with Crippen LogP contribution in [0.2, 0.25) is 0 Å². The van der Waals surface area contributed by atoms with Gasteiger partial charge in [0.05, 0.1) is 13.0 Å². The van der Waals surface area contributed by atoms with Crippen LogP contribution in [0.25, 0.3) is 0 Å². The normalized spacial score (nSPS) is 14.3. The van der Waals surface area contributed by atoms with Gasteiger partial charge >= 0.3 is 5.97 Å². The highest BCUT2D eigenvalue weighted by Crippen LogP contribution is 2.33. The van der Waals surface area contributed by atoms with Crippen molar-refractivity contribution in [3.63, 3.8) is 0 Å². The molecular weight excluding hydrogens is 210 g/mol. The smallest absolute Gasteiger partial charge is 0.308 e. The second-order valence-corrected chi connectivity index (χ2v) is 4.76. The molecule has 0 fully saturated rings. The predicted octanol–water partition coefficient (Wildman–Crippen LogP) is 2.56. The summed E-state index contributed by atoms with van der Waals surface area (Å²) in [5, 5.41) is 0. The Hall–Kier alpha value is 0.340. The highest BCUT2D eigenvalue weighted by Gasteiger charge is 2.27. The fourth-order valence-electron chi connectivity index (χ4n) is 0.632. The van der Waals surface area contributed by atoms with E-state index in [-0.39, 0.29) is 18.3 Å². The van der Waals surface area contributed by atoms with Crippen molar-refractivity contribution in [3.8, 4) is 0 Å². The van der Waals surface area contributed by atoms with Crippen molar-refractivity contribution in [2.24, 2.45) is 5.92 Å². The van der Waals surface area contributed by atoms with Crippen molar-refractivity contribution >= 4 is 40.8 Å². The van der Waals surface area contributed by atoms with Crippen molar-refractivity contribution in [1.82, 2.24) is 0 Å². The number of carbonyl (C=O) groups is 1. The van der Waals surface area contributed by atoms with Crippen LogP contribution in [-0.2, 0) is 9.53 Å². The molecule has 1 atom stereocenters. The first-order chi connectivity index (χ1) is 4.87. The second-order valence-electron chi connectivity index (χ2n) is 2.24. The molecule has 0 aliphatic carbocycles. The Kier molecular flexibility index (Phi) is 4.52. The first kappa shape index (κ1) is 11.3. The minimum atomic E-state index is -1.38. The Labute approximate surface area is 80.7 Å². The van der Waals surface area contributed by atoms with Crippen LogP contribution in [0, 0.1) is 5.92 Å². The number of methoxy groups -OCH3 is 1. The minimum absolute atomic E-state index is 0.171. The summed E-state index contributed by atoms with van der Waals surface area (Å²) in [6, 6.07) is 0. The van der Waals surface area contributed by atoms with E-state index in [2.05, 4.69) is 4.74 Å². The summed E-state index contributed by atoms with van der Waals surface area (Å²) in [5.41, 5.74) is 0. The SMILES string of the molecule is COC(=O)C(C)CC(Cl)(Cl)Cl. The number of halogens is 3. The maximum atomic E-state index is 10.8. The van der Waals surface area contributed by atoms with E-state index in [0.29, 0.717) is 0 Å². The highest BCUT2D eigenvalue weighted by atomic mass is 35.6. The zero-order chi connectivity index (χ0) is 9.07. The second kappa shape index (κ2) is 4.39. The molecule has 0 heterocycles. The van der Waals surface area contributed by atoms with Crippen LogP contribution in [0.1, 0.15) is 13.3 Å². The van der Waals surface area contributed by atoms with E-state index in [9.17, 15) is 4.79 Å². The van der Waals surface area contributed by atoms with Crippen molar-refractivity contribution in [2.75, 3.05) is 7.11 Å². The summed E-state index contributed by atoms with van der Waals surface area (Å²) in [6.07, 6.45) is 0.171. The summed E-state index contributed by atoms with van der Waals surface area (Å²) in [7, 11) is 1.30. The van der Waals surface area contributed by atoms with Gasteiger partial charge in [0.1, 0.15) is 0 Å². The van der Waals surface area contributed by atoms with Gasteiger partial charge in [-0.05, 0) is 0 Å². The third kappa shape index (κ3) is 5.59. The molecule has 0 saturated carbocycles. The number of hydrogen-bond acceptors (Lipinski definition) is 2. The Morgan fingerprint density at radius 3 is 2.27 bits per heavy atom. The van der Waals surface area contributed by atoms with Crippen LogP contribution in [0.15, 0.2) is 0 Å². The monoisotopic (exact) mass is 218 g/mol. The van der Waals surface area contributed by atoms with Crippen molar-refractivity contribution in [2.45, 2.75) is 17.1 Å². The molecule has 0 spiro atoms. The van der Waals surface area contributed by atoms with Crippen molar-refractivity contribution in [3.05, 3.63) is 0 Å². The van der Waals surface area contributed by atoms with Gasteiger partial charge in [-0.3, -0.25) is 4.79 Å². The van der Waals surface area contributed by atoms with Gasteiger partial charge < -0.3 is 4.74 Å². The summed E-state index contributed by atoms with van der Waals surface area (Å²) in [4.78, 5) is 10.8. The van der Waals surface area contributed by atoms with E-state index in [4.69, 9.17) is 34.8 Å². The van der Waals surface area contributed by atoms with Gasteiger partial charge in [0.2, 0.25) is 0 Å². The maximum Gasteiger partial charge on any atom is 0.308 e. The molecule has 0 N–H and O–H groups in total. The third-order valence-electron chi connectivity index (χ3n) is 1.14. The number of esters is 1. The number of carbonyl (C=O) groups excluding carboxylic acids is 1. The lowest BCUT2D eigenvalue weighted by Gasteiger charge is -2.14. The zero-order valence-corrected chi connectivity index (χ0v) is 8.50. The molecule has 66 valence electrons. The molecule has 0 aromatic rings. The molecule has 0 saturated heterocycles. The molecule has 11 heavy (non-hydrogen) atoms. The topological polar surface area (TPSA) is 26.3 Å². The van der Waals surface area contributed by atoms with Gasteiger partial charge in [0.25, 0.3) is 0 Å². The molecule has 0 aliphatic rings. The van der Waals surface area contributed by atoms with E-state index in [1.807, 2.05) is 0 Å². The van der Waals surface area contributed by atoms with Crippen molar-refractivity contribution < 1.29 is 9.53 Å². The van der Waals surface area contributed by atoms with Gasteiger partial charge in [-0.2, -0.15) is 0 Å². The zero-order valence-electron chi connectivity index (χ0n) is 6.23. The van der Waals surface area contributed by atoms with Crippen LogP contribution in [0.5, 0.6) is 0 Å². The van der Waals surface area contributed by atoms with Gasteiger partial charge in [0, 0.05) is 6.42 Å². The fraction of sp³-hybridized carbons (Fsp3) is 0.833. The van der Waals surface area contributed by atoms with Gasteiger partial charge in [-0.15, -0.1) is 0 Å². The van der Waals surface area contributed by atoms with Gasteiger partial charge in [-0.25, -0.2) is 0 Å². The number of ether oxygens (including phenoxy) is 1. The lowest BCUT2D eigenvalue weighted by atomic mass is 10.1. The lowest BCUT2D eigenvalue weighted by Crippen LogP contribution is -2.18. The molecule has 0 aliphatic heterocycles. The first-order valence-corrected chi connectivity index (χ1v) is 4.15. The van der Waals surface area contributed by atoms with Crippen molar-refractivity contribution in [1.29, 1.82) is 0 Å². The molecule has 0 aromatic heterocycles. The van der Waals surface area contributed by atoms with Gasteiger partial charge in [-0.1, -0.05) is 41.7 Å². The average molecular weight is 219 g/mol. The van der Waals surface area contributed by atoms with E-state index in [1.165, 1.54) is 7.11 Å². The Balaban J connectivity index is 3.87. The highest BCUT2D eigenvalue weighted by molar-refractivity contribution is 6.67. The van der Waals surface area contributed by atoms with E-state index in [1.54, 1.807) is 6.92 Å². The molecule has 0 rings (SSSR count). The summed E-state index contributed by atoms with van der Waals surface area (Å²) >= 11 is 16.4. The average Bonchev–Trinajstić information content (AvgIpc) is 1.82. The molecular formula is C6H9Cl3O2. The summed E-state index contributed by atoms with van der Waals surface area (Å²) < 4.78 is 3.06. The van der Waals surface area contributed by atoms with Crippen LogP contribution in [0.3, 0.4) is 0 Å². The number of alkyl halides is 3. The summed E-state index contributed by atoms with van der Waals surface area (Å²) in [6.45, 7) is 1.65. The quantitative estimate of drug-likeness (QED) is 0.527. The van der Waals surface area contributed by atoms with Crippen LogP contribution < -0.4 is 0 Å². The number of hydrogen-bond donors (Lipinski definition) is 0. The molecule has 0 radical (unpaired) electrons. The van der Waals surface area contributed by atoms with E-state index in [0.717, 1.165) is 0 Å². The van der Waals surface area contributed by atoms with E-state index < -0.39 is 3.79 Å². The Morgan fingerprint density at radius 2 is 2.00 bits per heavy atom. The lowest BCUT2D eigenvalue weighted by molar-refractivity contribution is -0.144. The van der Waals surface area contributed by atoms with E-state index >= 15 is 0 Å². The predicted molar refractivity (Wildman–Crippen MR) is 46.1 cm³/mol. The minimum Gasteiger partial charge on any atom is -0.469 e. The molecule has 0 aromatic carbocycles. The fourth-order valence-corrected chi connectivity index (χ4v) is 1.33. The number of rotatable bonds is 2. The molecule has 5 heteroatoms. The first-order valence-electron chi connectivity index (χ1n) is 3.01. The molecule has 0 bridgehead atoms. The summed E-state index contributed by atoms with van der Waals surface area (Å²) in [5.74, 6) is -0.746. The van der Waals surface area contributed by atoms with Gasteiger partial charge in [0.15, 0.2) is 3.79 Å². The maximum absolute atomic E-state index is 10.8. The third-order valence-corrected chi connectivity index (χ3v) is 1.60. The van der Waals surface area contributed by atoms with Crippen LogP contribution >= 0.6 is 34.8 Å². The molecule has 1 unspecified atom stereocenters. The molecule has 0 amide bonds. The van der Waals surface area contributed by atoms with Crippen LogP contribution in [0.4, 0.5) is 0 Å². The molecule has 2 nitrogen and oxygen atoms in total.